The van der Waals surface area contributed by atoms with E-state index in [9.17, 15) is 43.2 Å². The van der Waals surface area contributed by atoms with Gasteiger partial charge in [-0.05, 0) is 77.0 Å². The minimum absolute atomic E-state index is 0.0679. The van der Waals surface area contributed by atoms with Crippen LogP contribution in [0.4, 0.5) is 0 Å². The van der Waals surface area contributed by atoms with Crippen molar-refractivity contribution in [2.75, 3.05) is 39.6 Å². The number of phosphoric acid groups is 2. The van der Waals surface area contributed by atoms with Gasteiger partial charge in [0.05, 0.1) is 32.8 Å². The summed E-state index contributed by atoms with van der Waals surface area (Å²) in [6.07, 6.45) is 66.5. The molecule has 17 nitrogen and oxygen atoms in total. The van der Waals surface area contributed by atoms with Gasteiger partial charge in [-0.2, -0.15) is 0 Å². The Kier molecular flexibility index (Phi) is 65.5. The number of phosphoric ester groups is 2. The Hall–Kier alpha value is -3.50. The van der Waals surface area contributed by atoms with Gasteiger partial charge in [-0.1, -0.05) is 293 Å². The van der Waals surface area contributed by atoms with Gasteiger partial charge < -0.3 is 33.8 Å². The van der Waals surface area contributed by atoms with Crippen LogP contribution in [0.15, 0.2) is 72.9 Å². The predicted molar refractivity (Wildman–Crippen MR) is 381 cm³/mol. The van der Waals surface area contributed by atoms with E-state index in [1.807, 2.05) is 18.2 Å². The molecule has 0 saturated carbocycles. The number of carbonyl (C=O) groups excluding carboxylic acids is 4. The van der Waals surface area contributed by atoms with Crippen molar-refractivity contribution in [1.29, 1.82) is 0 Å². The summed E-state index contributed by atoms with van der Waals surface area (Å²) in [7, 11) is -9.95. The maximum atomic E-state index is 13.0. The second kappa shape index (κ2) is 68.0. The summed E-state index contributed by atoms with van der Waals surface area (Å²) < 4.78 is 68.2. The quantitative estimate of drug-likeness (QED) is 0.0169. The van der Waals surface area contributed by atoms with Crippen molar-refractivity contribution in [3.05, 3.63) is 72.9 Å². The molecule has 3 N–H and O–H groups in total. The number of aliphatic hydroxyl groups excluding tert-OH is 1. The van der Waals surface area contributed by atoms with Crippen LogP contribution in [0.3, 0.4) is 0 Å². The van der Waals surface area contributed by atoms with Crippen LogP contribution in [0.5, 0.6) is 0 Å². The van der Waals surface area contributed by atoms with E-state index in [0.29, 0.717) is 25.7 Å². The van der Waals surface area contributed by atoms with Crippen molar-refractivity contribution in [3.8, 4) is 0 Å². The molecule has 0 aliphatic carbocycles. The fourth-order valence-electron chi connectivity index (χ4n) is 10.1. The first-order valence-corrected chi connectivity index (χ1v) is 40.2. The Morgan fingerprint density at radius 1 is 0.319 bits per heavy atom. The van der Waals surface area contributed by atoms with Gasteiger partial charge in [-0.15, -0.1) is 0 Å². The topological polar surface area (TPSA) is 237 Å². The van der Waals surface area contributed by atoms with E-state index in [-0.39, 0.29) is 25.7 Å². The van der Waals surface area contributed by atoms with Gasteiger partial charge in [0.2, 0.25) is 0 Å². The minimum Gasteiger partial charge on any atom is -0.462 e. The van der Waals surface area contributed by atoms with Crippen LogP contribution in [0, 0.1) is 0 Å². The number of hydrogen-bond donors (Lipinski definition) is 3. The first-order valence-electron chi connectivity index (χ1n) is 37.2. The molecular formula is C75H134O17P2. The van der Waals surface area contributed by atoms with Crippen LogP contribution in [0.1, 0.15) is 323 Å². The summed E-state index contributed by atoms with van der Waals surface area (Å²) in [5.74, 6) is -2.31. The lowest BCUT2D eigenvalue weighted by molar-refractivity contribution is -0.161. The monoisotopic (exact) mass is 1370 g/mol. The highest BCUT2D eigenvalue weighted by Crippen LogP contribution is 2.45. The average Bonchev–Trinajstić information content (AvgIpc) is 1.55. The zero-order valence-electron chi connectivity index (χ0n) is 59.4. The van der Waals surface area contributed by atoms with Crippen molar-refractivity contribution in [1.82, 2.24) is 0 Å². The summed E-state index contributed by atoms with van der Waals surface area (Å²) in [6, 6.07) is 0. The SMILES string of the molecule is CC/C=C\C/C=C\C/C=C\C/C=C\C/C=C\CC(=O)OCC(COP(=O)(O)OCC(O)COP(=O)(O)OCC(COC(=O)CCCCCCCCCCCCCCCCC)OC(=O)CCCCCCCCCCCCC)OC(=O)CCCCCCC/C=C\CCCCCC. The fourth-order valence-corrected chi connectivity index (χ4v) is 11.6. The second-order valence-electron chi connectivity index (χ2n) is 24.9. The summed E-state index contributed by atoms with van der Waals surface area (Å²) in [6.45, 7) is 4.65. The maximum absolute atomic E-state index is 13.0. The molecule has 546 valence electrons. The van der Waals surface area contributed by atoms with E-state index < -0.39 is 97.5 Å². The molecule has 0 aliphatic heterocycles. The van der Waals surface area contributed by atoms with Gasteiger partial charge in [0.1, 0.15) is 19.3 Å². The van der Waals surface area contributed by atoms with Crippen molar-refractivity contribution in [3.63, 3.8) is 0 Å². The molecule has 0 aromatic carbocycles. The first kappa shape index (κ1) is 90.5. The van der Waals surface area contributed by atoms with Gasteiger partial charge >= 0.3 is 39.5 Å². The molecule has 0 fully saturated rings. The van der Waals surface area contributed by atoms with Crippen LogP contribution in [-0.2, 0) is 65.4 Å². The highest BCUT2D eigenvalue weighted by molar-refractivity contribution is 7.47. The number of carbonyl (C=O) groups is 4. The number of unbranched alkanes of at least 4 members (excludes halogenated alkanes) is 33. The number of esters is 4. The van der Waals surface area contributed by atoms with Crippen molar-refractivity contribution < 1.29 is 80.2 Å². The van der Waals surface area contributed by atoms with Crippen LogP contribution < -0.4 is 0 Å². The normalized spacial score (nSPS) is 14.4. The van der Waals surface area contributed by atoms with Gasteiger partial charge in [0, 0.05) is 19.3 Å². The van der Waals surface area contributed by atoms with E-state index in [0.717, 1.165) is 109 Å². The first-order chi connectivity index (χ1) is 45.7. The van der Waals surface area contributed by atoms with Crippen LogP contribution in [-0.4, -0.2) is 96.7 Å². The number of rotatable bonds is 70. The molecule has 0 aromatic rings. The molecule has 0 amide bonds. The number of ether oxygens (including phenoxy) is 4. The molecule has 5 atom stereocenters. The molecule has 0 aromatic heterocycles. The lowest BCUT2D eigenvalue weighted by Crippen LogP contribution is -2.30. The third kappa shape index (κ3) is 67.1. The Morgan fingerprint density at radius 3 is 0.947 bits per heavy atom. The molecule has 0 radical (unpaired) electrons. The summed E-state index contributed by atoms with van der Waals surface area (Å²) in [5.41, 5.74) is 0. The van der Waals surface area contributed by atoms with E-state index in [1.165, 1.54) is 135 Å². The highest BCUT2D eigenvalue weighted by atomic mass is 31.2. The number of allylic oxidation sites excluding steroid dienone is 11. The Bertz CT molecular complexity index is 2070. The van der Waals surface area contributed by atoms with Gasteiger partial charge in [-0.25, -0.2) is 9.13 Å². The van der Waals surface area contributed by atoms with Gasteiger partial charge in [0.15, 0.2) is 12.2 Å². The Labute approximate surface area is 571 Å². The lowest BCUT2D eigenvalue weighted by Gasteiger charge is -2.21. The molecule has 0 rings (SSSR count). The van der Waals surface area contributed by atoms with Crippen molar-refractivity contribution in [2.24, 2.45) is 0 Å². The maximum Gasteiger partial charge on any atom is 0.472 e. The number of aliphatic hydroxyl groups is 1. The number of hydrogen-bond acceptors (Lipinski definition) is 15. The van der Waals surface area contributed by atoms with Gasteiger partial charge in [-0.3, -0.25) is 37.3 Å². The van der Waals surface area contributed by atoms with Crippen LogP contribution in [0.25, 0.3) is 0 Å². The summed E-state index contributed by atoms with van der Waals surface area (Å²) in [5, 5.41) is 10.6. The molecule has 5 unspecified atom stereocenters. The molecule has 0 saturated heterocycles. The third-order valence-corrected chi connectivity index (χ3v) is 17.6. The second-order valence-corrected chi connectivity index (χ2v) is 27.8. The van der Waals surface area contributed by atoms with E-state index in [1.54, 1.807) is 6.08 Å². The predicted octanol–water partition coefficient (Wildman–Crippen LogP) is 20.9. The zero-order chi connectivity index (χ0) is 69.0. The lowest BCUT2D eigenvalue weighted by atomic mass is 10.0. The molecule has 0 aliphatic rings. The van der Waals surface area contributed by atoms with E-state index in [4.69, 9.17) is 37.0 Å². The fraction of sp³-hybridized carbons (Fsp3) is 0.787. The average molecular weight is 1370 g/mol. The molecule has 0 heterocycles. The summed E-state index contributed by atoms with van der Waals surface area (Å²) in [4.78, 5) is 72.6. The minimum atomic E-state index is -4.99. The van der Waals surface area contributed by atoms with Crippen molar-refractivity contribution >= 4 is 39.5 Å². The molecule has 19 heteroatoms. The van der Waals surface area contributed by atoms with E-state index >= 15 is 0 Å². The smallest absolute Gasteiger partial charge is 0.462 e. The Balaban J connectivity index is 5.35. The Morgan fingerprint density at radius 2 is 0.596 bits per heavy atom. The molecule has 0 spiro atoms. The summed E-state index contributed by atoms with van der Waals surface area (Å²) >= 11 is 0. The van der Waals surface area contributed by atoms with Gasteiger partial charge in [0.25, 0.3) is 0 Å². The van der Waals surface area contributed by atoms with Crippen molar-refractivity contribution in [2.45, 2.75) is 341 Å². The zero-order valence-corrected chi connectivity index (χ0v) is 61.2. The molecule has 94 heavy (non-hydrogen) atoms. The van der Waals surface area contributed by atoms with Crippen LogP contribution in [0.2, 0.25) is 0 Å². The molecular weight excluding hydrogens is 1230 g/mol. The highest BCUT2D eigenvalue weighted by Gasteiger charge is 2.30. The van der Waals surface area contributed by atoms with Crippen LogP contribution >= 0.6 is 15.6 Å². The largest absolute Gasteiger partial charge is 0.472 e. The molecule has 0 bridgehead atoms. The van der Waals surface area contributed by atoms with E-state index in [2.05, 4.69) is 76.3 Å². The standard InChI is InChI=1S/C75H134O17P2/c1-5-9-13-17-21-25-29-32-34-37-40-43-47-51-55-59-72(77)85-65-70(91-74(79)61-57-53-49-45-39-28-24-20-16-12-8-4)67-89-93(81,82)87-63-69(76)64-88-94(83,84)90-68-71(92-75(80)62-58-54-50-46-42-36-31-27-23-19-15-11-7-3)66-86-73(78)60-56-52-48-44-41-38-35-33-30-26-22-18-14-10-6-2/h10,14,22,26-27,31,33,35,41,44,52,56,69-71,76H,5-9,11-13,15-21,23-25,28-30,32,34,36-40,42-43,45-51,53-55,57-68H2,1-4H3,(H,81,82)(H,83,84)/b14-10-,26-22-,31-27-,35-33-,44-41-,56-52-. The third-order valence-electron chi connectivity index (χ3n) is 15.7.